The van der Waals surface area contributed by atoms with Crippen LogP contribution in [0.1, 0.15) is 26.7 Å². The molecule has 2 rings (SSSR count). The van der Waals surface area contributed by atoms with Crippen LogP contribution in [0.25, 0.3) is 10.9 Å². The molecule has 0 radical (unpaired) electrons. The van der Waals surface area contributed by atoms with Crippen LogP contribution in [0.15, 0.2) is 34.9 Å². The zero-order valence-electron chi connectivity index (χ0n) is 11.3. The van der Waals surface area contributed by atoms with Gasteiger partial charge in [-0.15, -0.1) is 0 Å². The standard InChI is InChI=1S/C15H19BrN2O/c1-3-13(4-2)17-15(19)10-18-8-7-11-9-12(16)5-6-14(11)18/h5-9,13H,3-4,10H2,1-2H3,(H,17,19). The topological polar surface area (TPSA) is 34.0 Å². The highest BCUT2D eigenvalue weighted by molar-refractivity contribution is 9.10. The second-order valence-corrected chi connectivity index (χ2v) is 5.64. The van der Waals surface area contributed by atoms with Gasteiger partial charge in [-0.1, -0.05) is 29.8 Å². The zero-order chi connectivity index (χ0) is 13.8. The van der Waals surface area contributed by atoms with Crippen molar-refractivity contribution in [3.8, 4) is 0 Å². The summed E-state index contributed by atoms with van der Waals surface area (Å²) in [5.41, 5.74) is 1.09. The van der Waals surface area contributed by atoms with E-state index in [0.29, 0.717) is 6.54 Å². The summed E-state index contributed by atoms with van der Waals surface area (Å²) in [4.78, 5) is 12.0. The van der Waals surface area contributed by atoms with Crippen molar-refractivity contribution in [2.45, 2.75) is 39.3 Å². The van der Waals surface area contributed by atoms with Gasteiger partial charge in [0.2, 0.25) is 5.91 Å². The second-order valence-electron chi connectivity index (χ2n) is 4.73. The first-order valence-electron chi connectivity index (χ1n) is 6.67. The number of hydrogen-bond donors (Lipinski definition) is 1. The van der Waals surface area contributed by atoms with E-state index in [2.05, 4.69) is 41.2 Å². The van der Waals surface area contributed by atoms with Gasteiger partial charge in [-0.3, -0.25) is 4.79 Å². The quantitative estimate of drug-likeness (QED) is 0.894. The molecule has 19 heavy (non-hydrogen) atoms. The maximum absolute atomic E-state index is 12.0. The van der Waals surface area contributed by atoms with Crippen molar-refractivity contribution in [1.82, 2.24) is 9.88 Å². The molecular weight excluding hydrogens is 304 g/mol. The number of halogens is 1. The summed E-state index contributed by atoms with van der Waals surface area (Å²) >= 11 is 3.46. The van der Waals surface area contributed by atoms with Crippen LogP contribution in [0.2, 0.25) is 0 Å². The predicted octanol–water partition coefficient (Wildman–Crippen LogP) is 3.71. The summed E-state index contributed by atoms with van der Waals surface area (Å²) in [7, 11) is 0. The third kappa shape index (κ3) is 3.38. The molecule has 0 atom stereocenters. The van der Waals surface area contributed by atoms with Gasteiger partial charge in [-0.2, -0.15) is 0 Å². The van der Waals surface area contributed by atoms with Gasteiger partial charge in [0, 0.05) is 27.6 Å². The van der Waals surface area contributed by atoms with Crippen LogP contribution in [-0.2, 0) is 11.3 Å². The number of aromatic nitrogens is 1. The first-order chi connectivity index (χ1) is 9.13. The molecule has 0 saturated carbocycles. The molecule has 0 bridgehead atoms. The van der Waals surface area contributed by atoms with Gasteiger partial charge >= 0.3 is 0 Å². The lowest BCUT2D eigenvalue weighted by Gasteiger charge is -2.15. The molecule has 0 aliphatic carbocycles. The van der Waals surface area contributed by atoms with E-state index < -0.39 is 0 Å². The summed E-state index contributed by atoms with van der Waals surface area (Å²) < 4.78 is 3.04. The van der Waals surface area contributed by atoms with Crippen molar-refractivity contribution in [1.29, 1.82) is 0 Å². The van der Waals surface area contributed by atoms with Gasteiger partial charge in [-0.25, -0.2) is 0 Å². The van der Waals surface area contributed by atoms with E-state index in [9.17, 15) is 4.79 Å². The van der Waals surface area contributed by atoms with Crippen molar-refractivity contribution in [3.63, 3.8) is 0 Å². The minimum atomic E-state index is 0.0779. The van der Waals surface area contributed by atoms with Crippen LogP contribution >= 0.6 is 15.9 Å². The molecule has 0 unspecified atom stereocenters. The Morgan fingerprint density at radius 3 is 2.74 bits per heavy atom. The third-order valence-corrected chi connectivity index (χ3v) is 3.89. The van der Waals surface area contributed by atoms with Crippen molar-refractivity contribution in [2.75, 3.05) is 0 Å². The average Bonchev–Trinajstić information content (AvgIpc) is 2.78. The number of amides is 1. The summed E-state index contributed by atoms with van der Waals surface area (Å²) in [5, 5.41) is 4.20. The van der Waals surface area contributed by atoms with E-state index in [1.54, 1.807) is 0 Å². The lowest BCUT2D eigenvalue weighted by atomic mass is 10.2. The second kappa shape index (κ2) is 6.24. The van der Waals surface area contributed by atoms with Gasteiger partial charge in [0.15, 0.2) is 0 Å². The molecule has 1 aromatic carbocycles. The van der Waals surface area contributed by atoms with Gasteiger partial charge in [0.25, 0.3) is 0 Å². The number of fused-ring (bicyclic) bond motifs is 1. The molecule has 0 saturated heterocycles. The average molecular weight is 323 g/mol. The fourth-order valence-corrected chi connectivity index (χ4v) is 2.61. The fourth-order valence-electron chi connectivity index (χ4n) is 2.23. The van der Waals surface area contributed by atoms with E-state index >= 15 is 0 Å². The normalized spacial score (nSPS) is 11.2. The van der Waals surface area contributed by atoms with Gasteiger partial charge in [-0.05, 0) is 37.1 Å². The van der Waals surface area contributed by atoms with Crippen molar-refractivity contribution in [2.24, 2.45) is 0 Å². The molecule has 0 aliphatic heterocycles. The highest BCUT2D eigenvalue weighted by Crippen LogP contribution is 2.20. The van der Waals surface area contributed by atoms with E-state index in [4.69, 9.17) is 0 Å². The number of carbonyl (C=O) groups is 1. The highest BCUT2D eigenvalue weighted by Gasteiger charge is 2.10. The number of hydrogen-bond acceptors (Lipinski definition) is 1. The van der Waals surface area contributed by atoms with E-state index in [-0.39, 0.29) is 11.9 Å². The van der Waals surface area contributed by atoms with Crippen LogP contribution in [0.5, 0.6) is 0 Å². The van der Waals surface area contributed by atoms with Gasteiger partial charge in [0.05, 0.1) is 0 Å². The third-order valence-electron chi connectivity index (χ3n) is 3.40. The van der Waals surface area contributed by atoms with Crippen LogP contribution in [-0.4, -0.2) is 16.5 Å². The first-order valence-corrected chi connectivity index (χ1v) is 7.47. The number of benzene rings is 1. The molecule has 0 spiro atoms. The molecule has 1 heterocycles. The summed E-state index contributed by atoms with van der Waals surface area (Å²) in [6.07, 6.45) is 3.91. The SMILES string of the molecule is CCC(CC)NC(=O)Cn1ccc2cc(Br)ccc21. The van der Waals surface area contributed by atoms with Gasteiger partial charge in [0.1, 0.15) is 6.54 Å². The van der Waals surface area contributed by atoms with Crippen molar-refractivity contribution in [3.05, 3.63) is 34.9 Å². The number of nitrogens with zero attached hydrogens (tertiary/aromatic N) is 1. The molecule has 0 aliphatic rings. The van der Waals surface area contributed by atoms with Crippen LogP contribution < -0.4 is 5.32 Å². The summed E-state index contributed by atoms with van der Waals surface area (Å²) in [5.74, 6) is 0.0779. The van der Waals surface area contributed by atoms with E-state index in [1.165, 1.54) is 0 Å². The maximum Gasteiger partial charge on any atom is 0.240 e. The largest absolute Gasteiger partial charge is 0.352 e. The Morgan fingerprint density at radius 1 is 1.32 bits per heavy atom. The zero-order valence-corrected chi connectivity index (χ0v) is 12.9. The Bertz CT molecular complexity index is 573. The Labute approximate surface area is 122 Å². The van der Waals surface area contributed by atoms with Crippen molar-refractivity contribution < 1.29 is 4.79 Å². The molecule has 0 fully saturated rings. The minimum Gasteiger partial charge on any atom is -0.352 e. The Hall–Kier alpha value is -1.29. The molecular formula is C15H19BrN2O. The molecule has 102 valence electrons. The monoisotopic (exact) mass is 322 g/mol. The molecule has 1 aromatic heterocycles. The molecule has 2 aromatic rings. The number of rotatable bonds is 5. The Morgan fingerprint density at radius 2 is 2.05 bits per heavy atom. The maximum atomic E-state index is 12.0. The lowest BCUT2D eigenvalue weighted by molar-refractivity contribution is -0.122. The summed E-state index contributed by atoms with van der Waals surface area (Å²) in [6, 6.07) is 8.40. The minimum absolute atomic E-state index is 0.0779. The lowest BCUT2D eigenvalue weighted by Crippen LogP contribution is -2.36. The Balaban J connectivity index is 2.11. The van der Waals surface area contributed by atoms with Crippen LogP contribution in [0.3, 0.4) is 0 Å². The smallest absolute Gasteiger partial charge is 0.240 e. The molecule has 4 heteroatoms. The van der Waals surface area contributed by atoms with Crippen molar-refractivity contribution >= 4 is 32.7 Å². The number of carbonyl (C=O) groups excluding carboxylic acids is 1. The van der Waals surface area contributed by atoms with E-state index in [1.807, 2.05) is 29.0 Å². The van der Waals surface area contributed by atoms with Crippen LogP contribution in [0.4, 0.5) is 0 Å². The first kappa shape index (κ1) is 14.1. The highest BCUT2D eigenvalue weighted by atomic mass is 79.9. The molecule has 1 amide bonds. The van der Waals surface area contributed by atoms with Crippen LogP contribution in [0, 0.1) is 0 Å². The van der Waals surface area contributed by atoms with Gasteiger partial charge < -0.3 is 9.88 Å². The Kier molecular flexibility index (Phi) is 4.64. The summed E-state index contributed by atoms with van der Waals surface area (Å²) in [6.45, 7) is 4.57. The fraction of sp³-hybridized carbons (Fsp3) is 0.400. The number of nitrogens with one attached hydrogen (secondary N) is 1. The molecule has 3 nitrogen and oxygen atoms in total. The van der Waals surface area contributed by atoms with E-state index in [0.717, 1.165) is 28.2 Å². The molecule has 1 N–H and O–H groups in total. The predicted molar refractivity (Wildman–Crippen MR) is 82.2 cm³/mol.